The van der Waals surface area contributed by atoms with E-state index in [1.165, 1.54) is 11.8 Å². The minimum Gasteiger partial charge on any atom is -0.350 e. The van der Waals surface area contributed by atoms with Crippen molar-refractivity contribution in [3.05, 3.63) is 35.7 Å². The van der Waals surface area contributed by atoms with Gasteiger partial charge >= 0.3 is 6.18 Å². The molecule has 0 saturated carbocycles. The lowest BCUT2D eigenvalue weighted by molar-refractivity contribution is -0.137. The van der Waals surface area contributed by atoms with E-state index in [4.69, 9.17) is 0 Å². The number of hydrogen-bond acceptors (Lipinski definition) is 6. The molecule has 178 valence electrons. The van der Waals surface area contributed by atoms with Crippen molar-refractivity contribution in [1.29, 1.82) is 0 Å². The summed E-state index contributed by atoms with van der Waals surface area (Å²) in [4.78, 5) is 27.4. The lowest BCUT2D eigenvalue weighted by atomic mass is 9.93. The topological polar surface area (TPSA) is 74.2 Å². The number of piperidine rings is 1. The number of carbonyl (C=O) groups excluding carboxylic acids is 1. The number of nitrogens with zero attached hydrogens (tertiary/aromatic N) is 5. The largest absolute Gasteiger partial charge is 0.416 e. The van der Waals surface area contributed by atoms with Crippen LogP contribution in [0.3, 0.4) is 0 Å². The Morgan fingerprint density at radius 2 is 1.88 bits per heavy atom. The Morgan fingerprint density at radius 3 is 2.48 bits per heavy atom. The summed E-state index contributed by atoms with van der Waals surface area (Å²) in [7, 11) is 0. The number of carbonyl (C=O) groups is 1. The van der Waals surface area contributed by atoms with Crippen molar-refractivity contribution in [2.24, 2.45) is 0 Å². The molecular weight excluding hydrogens is 447 g/mol. The Labute approximate surface area is 187 Å². The van der Waals surface area contributed by atoms with Crippen molar-refractivity contribution < 1.29 is 26.7 Å². The van der Waals surface area contributed by atoms with Gasteiger partial charge in [-0.1, -0.05) is 0 Å². The fourth-order valence-corrected chi connectivity index (χ4v) is 4.09. The van der Waals surface area contributed by atoms with Gasteiger partial charge in [0.1, 0.15) is 11.6 Å². The van der Waals surface area contributed by atoms with Crippen LogP contribution in [0.4, 0.5) is 39.5 Å². The number of amides is 1. The highest BCUT2D eigenvalue weighted by molar-refractivity contribution is 5.73. The van der Waals surface area contributed by atoms with E-state index in [0.29, 0.717) is 31.6 Å². The maximum atomic E-state index is 13.8. The van der Waals surface area contributed by atoms with Crippen molar-refractivity contribution in [2.45, 2.75) is 44.2 Å². The van der Waals surface area contributed by atoms with Gasteiger partial charge in [-0.3, -0.25) is 4.79 Å². The van der Waals surface area contributed by atoms with E-state index in [9.17, 15) is 26.7 Å². The van der Waals surface area contributed by atoms with Crippen molar-refractivity contribution in [2.75, 3.05) is 36.4 Å². The van der Waals surface area contributed by atoms with Gasteiger partial charge in [0.15, 0.2) is 0 Å². The summed E-state index contributed by atoms with van der Waals surface area (Å²) in [6.45, 7) is 2.19. The molecule has 2 aliphatic rings. The normalized spacial score (nSPS) is 19.1. The predicted molar refractivity (Wildman–Crippen MR) is 111 cm³/mol. The van der Waals surface area contributed by atoms with Crippen LogP contribution in [0.5, 0.6) is 0 Å². The first-order valence-electron chi connectivity index (χ1n) is 10.6. The zero-order chi connectivity index (χ0) is 23.8. The molecule has 1 N–H and O–H groups in total. The second kappa shape index (κ2) is 8.71. The molecular formula is C21H23F5N6O. The van der Waals surface area contributed by atoms with E-state index >= 15 is 0 Å². The molecule has 0 radical (unpaired) electrons. The van der Waals surface area contributed by atoms with E-state index in [1.807, 2.05) is 0 Å². The average Bonchev–Trinajstić information content (AvgIpc) is 3.13. The number of aromatic nitrogens is 3. The standard InChI is InChI=1S/C21H23F5N6O/c1-13(33)31-7-3-14(4-8-31)16-11-18(32-9-5-20(22,23)12-32)30-19(28-16)29-17-10-15(2-6-27-17)21(24,25)26/h2,6,10-11,14H,3-5,7-9,12H2,1H3,(H,27,28,29,30). The van der Waals surface area contributed by atoms with Gasteiger partial charge < -0.3 is 15.1 Å². The van der Waals surface area contributed by atoms with Gasteiger partial charge in [0.05, 0.1) is 17.8 Å². The van der Waals surface area contributed by atoms with Gasteiger partial charge in [-0.05, 0) is 25.0 Å². The Morgan fingerprint density at radius 1 is 1.15 bits per heavy atom. The van der Waals surface area contributed by atoms with Crippen LogP contribution in [0, 0.1) is 0 Å². The van der Waals surface area contributed by atoms with Gasteiger partial charge in [-0.25, -0.2) is 18.7 Å². The van der Waals surface area contributed by atoms with E-state index in [2.05, 4.69) is 20.3 Å². The quantitative estimate of drug-likeness (QED) is 0.675. The van der Waals surface area contributed by atoms with Crippen molar-refractivity contribution in [1.82, 2.24) is 19.9 Å². The number of likely N-dealkylation sites (tertiary alicyclic amines) is 1. The molecule has 2 aliphatic heterocycles. The minimum absolute atomic E-state index is 0.0152. The maximum Gasteiger partial charge on any atom is 0.416 e. The number of pyridine rings is 1. The minimum atomic E-state index is -4.54. The molecule has 2 aromatic heterocycles. The monoisotopic (exact) mass is 470 g/mol. The van der Waals surface area contributed by atoms with E-state index in [1.54, 1.807) is 11.0 Å². The van der Waals surface area contributed by atoms with Gasteiger partial charge in [0.25, 0.3) is 5.92 Å². The molecule has 4 rings (SSSR count). The summed E-state index contributed by atoms with van der Waals surface area (Å²) >= 11 is 0. The second-order valence-electron chi connectivity index (χ2n) is 8.33. The molecule has 1 amide bonds. The molecule has 0 aliphatic carbocycles. The highest BCUT2D eigenvalue weighted by Crippen LogP contribution is 2.35. The van der Waals surface area contributed by atoms with Crippen molar-refractivity contribution >= 4 is 23.5 Å². The summed E-state index contributed by atoms with van der Waals surface area (Å²) in [5, 5.41) is 2.70. The molecule has 2 saturated heterocycles. The van der Waals surface area contributed by atoms with Gasteiger partial charge in [0, 0.05) is 51.2 Å². The third kappa shape index (κ3) is 5.48. The Balaban J connectivity index is 1.63. The molecule has 12 heteroatoms. The second-order valence-corrected chi connectivity index (χ2v) is 8.33. The third-order valence-electron chi connectivity index (χ3n) is 5.91. The molecule has 0 atom stereocenters. The molecule has 33 heavy (non-hydrogen) atoms. The van der Waals surface area contributed by atoms with Crippen LogP contribution in [-0.2, 0) is 11.0 Å². The summed E-state index contributed by atoms with van der Waals surface area (Å²) < 4.78 is 66.8. The fraction of sp³-hybridized carbons (Fsp3) is 0.524. The SMILES string of the molecule is CC(=O)N1CCC(c2cc(N3CCC(F)(F)C3)nc(Nc3cc(C(F)(F)F)ccn3)n2)CC1. The molecule has 0 spiro atoms. The smallest absolute Gasteiger partial charge is 0.350 e. The van der Waals surface area contributed by atoms with E-state index < -0.39 is 24.2 Å². The zero-order valence-corrected chi connectivity index (χ0v) is 17.9. The van der Waals surface area contributed by atoms with Crippen LogP contribution in [-0.4, -0.2) is 57.9 Å². The highest BCUT2D eigenvalue weighted by Gasteiger charge is 2.39. The van der Waals surface area contributed by atoms with Crippen LogP contribution in [0.2, 0.25) is 0 Å². The van der Waals surface area contributed by atoms with Crippen LogP contribution >= 0.6 is 0 Å². The number of halogens is 5. The van der Waals surface area contributed by atoms with E-state index in [0.717, 1.165) is 18.3 Å². The first kappa shape index (κ1) is 23.1. The molecule has 2 aromatic rings. The molecule has 0 unspecified atom stereocenters. The summed E-state index contributed by atoms with van der Waals surface area (Å²) in [6.07, 6.45) is -2.56. The summed E-state index contributed by atoms with van der Waals surface area (Å²) in [6, 6.07) is 3.34. The first-order chi connectivity index (χ1) is 15.5. The number of anilines is 3. The van der Waals surface area contributed by atoms with Gasteiger partial charge in [-0.15, -0.1) is 0 Å². The summed E-state index contributed by atoms with van der Waals surface area (Å²) in [5.74, 6) is -2.74. The van der Waals surface area contributed by atoms with Gasteiger partial charge in [-0.2, -0.15) is 18.2 Å². The number of nitrogens with one attached hydrogen (secondary N) is 1. The lowest BCUT2D eigenvalue weighted by Gasteiger charge is -2.31. The number of hydrogen-bond donors (Lipinski definition) is 1. The fourth-order valence-electron chi connectivity index (χ4n) is 4.09. The van der Waals surface area contributed by atoms with Gasteiger partial charge in [0.2, 0.25) is 11.9 Å². The Bertz CT molecular complexity index is 1020. The molecule has 4 heterocycles. The predicted octanol–water partition coefficient (Wildman–Crippen LogP) is 4.21. The Kier molecular flexibility index (Phi) is 6.10. The van der Waals surface area contributed by atoms with Crippen molar-refractivity contribution in [3.63, 3.8) is 0 Å². The third-order valence-corrected chi connectivity index (χ3v) is 5.91. The Hall–Kier alpha value is -3.05. The van der Waals surface area contributed by atoms with E-state index in [-0.39, 0.29) is 42.4 Å². The zero-order valence-electron chi connectivity index (χ0n) is 17.9. The molecule has 2 fully saturated rings. The number of rotatable bonds is 4. The van der Waals surface area contributed by atoms with Crippen molar-refractivity contribution in [3.8, 4) is 0 Å². The van der Waals surface area contributed by atoms with Crippen LogP contribution in [0.15, 0.2) is 24.4 Å². The average molecular weight is 470 g/mol. The van der Waals surface area contributed by atoms with Crippen LogP contribution in [0.25, 0.3) is 0 Å². The molecule has 0 aromatic carbocycles. The lowest BCUT2D eigenvalue weighted by Crippen LogP contribution is -2.36. The highest BCUT2D eigenvalue weighted by atomic mass is 19.4. The van der Waals surface area contributed by atoms with Crippen LogP contribution in [0.1, 0.15) is 43.4 Å². The molecule has 7 nitrogen and oxygen atoms in total. The number of alkyl halides is 5. The molecule has 0 bridgehead atoms. The summed E-state index contributed by atoms with van der Waals surface area (Å²) in [5.41, 5.74) is -0.292. The maximum absolute atomic E-state index is 13.8. The van der Waals surface area contributed by atoms with Crippen LogP contribution < -0.4 is 10.2 Å². The first-order valence-corrected chi connectivity index (χ1v) is 10.6.